The lowest BCUT2D eigenvalue weighted by atomic mass is 9.88. The van der Waals surface area contributed by atoms with Crippen molar-refractivity contribution in [2.24, 2.45) is 0 Å². The van der Waals surface area contributed by atoms with Crippen LogP contribution >= 0.6 is 15.9 Å². The van der Waals surface area contributed by atoms with Gasteiger partial charge in [-0.05, 0) is 40.9 Å². The zero-order chi connectivity index (χ0) is 13.2. The second kappa shape index (κ2) is 5.47. The number of halogens is 1. The maximum atomic E-state index is 10.7. The van der Waals surface area contributed by atoms with E-state index in [1.165, 1.54) is 0 Å². The first-order chi connectivity index (χ1) is 8.62. The van der Waals surface area contributed by atoms with Crippen LogP contribution in [0.15, 0.2) is 16.6 Å². The van der Waals surface area contributed by atoms with Crippen LogP contribution in [0.5, 0.6) is 11.5 Å². The predicted molar refractivity (Wildman–Crippen MR) is 71.2 cm³/mol. The molecule has 1 fully saturated rings. The van der Waals surface area contributed by atoms with Crippen LogP contribution < -0.4 is 9.47 Å². The van der Waals surface area contributed by atoms with E-state index in [0.29, 0.717) is 35.6 Å². The summed E-state index contributed by atoms with van der Waals surface area (Å²) < 4.78 is 16.7. The fraction of sp³-hybridized carbons (Fsp3) is 0.538. The minimum absolute atomic E-state index is 0.294. The third kappa shape index (κ3) is 2.35. The summed E-state index contributed by atoms with van der Waals surface area (Å²) in [7, 11) is 3.17. The average molecular weight is 317 g/mol. The van der Waals surface area contributed by atoms with Crippen LogP contribution in [0.2, 0.25) is 0 Å². The third-order valence-electron chi connectivity index (χ3n) is 3.21. The van der Waals surface area contributed by atoms with Gasteiger partial charge in [0, 0.05) is 12.2 Å². The Bertz CT molecular complexity index is 427. The van der Waals surface area contributed by atoms with Crippen molar-refractivity contribution in [3.8, 4) is 11.5 Å². The van der Waals surface area contributed by atoms with Gasteiger partial charge in [-0.15, -0.1) is 0 Å². The molecule has 1 saturated heterocycles. The third-order valence-corrected chi connectivity index (χ3v) is 3.96. The van der Waals surface area contributed by atoms with Gasteiger partial charge in [-0.25, -0.2) is 0 Å². The number of aliphatic hydroxyl groups is 1. The van der Waals surface area contributed by atoms with Crippen molar-refractivity contribution in [2.75, 3.05) is 27.4 Å². The predicted octanol–water partition coefficient (Wildman–Crippen LogP) is 2.46. The summed E-state index contributed by atoms with van der Waals surface area (Å²) in [5, 5.41) is 10.7. The number of ether oxygens (including phenoxy) is 3. The Labute approximate surface area is 115 Å². The SMILES string of the molecule is COc1ccc(C2(O)CCCOC2)c(OC)c1Br. The van der Waals surface area contributed by atoms with Gasteiger partial charge in [-0.3, -0.25) is 0 Å². The lowest BCUT2D eigenvalue weighted by Crippen LogP contribution is -2.36. The summed E-state index contributed by atoms with van der Waals surface area (Å²) in [6.45, 7) is 0.990. The van der Waals surface area contributed by atoms with Crippen LogP contribution in [-0.2, 0) is 10.3 Å². The Morgan fingerprint density at radius 3 is 2.67 bits per heavy atom. The van der Waals surface area contributed by atoms with Gasteiger partial charge in [-0.1, -0.05) is 0 Å². The van der Waals surface area contributed by atoms with E-state index >= 15 is 0 Å². The van der Waals surface area contributed by atoms with E-state index in [1.807, 2.05) is 12.1 Å². The molecule has 0 bridgehead atoms. The Hall–Kier alpha value is -0.780. The molecule has 5 heteroatoms. The molecule has 1 unspecified atom stereocenters. The Kier molecular flexibility index (Phi) is 4.14. The van der Waals surface area contributed by atoms with Crippen molar-refractivity contribution in [1.29, 1.82) is 0 Å². The highest BCUT2D eigenvalue weighted by atomic mass is 79.9. The molecule has 0 amide bonds. The monoisotopic (exact) mass is 316 g/mol. The summed E-state index contributed by atoms with van der Waals surface area (Å²) in [5.74, 6) is 1.28. The molecule has 1 aromatic carbocycles. The summed E-state index contributed by atoms with van der Waals surface area (Å²) >= 11 is 3.44. The van der Waals surface area contributed by atoms with Gasteiger partial charge in [0.1, 0.15) is 21.6 Å². The van der Waals surface area contributed by atoms with Crippen LogP contribution in [0.25, 0.3) is 0 Å². The molecule has 0 spiro atoms. The molecule has 0 aromatic heterocycles. The number of rotatable bonds is 3. The minimum atomic E-state index is -0.988. The van der Waals surface area contributed by atoms with Crippen LogP contribution in [0.3, 0.4) is 0 Å². The molecular weight excluding hydrogens is 300 g/mol. The Balaban J connectivity index is 2.46. The fourth-order valence-electron chi connectivity index (χ4n) is 2.25. The zero-order valence-corrected chi connectivity index (χ0v) is 12.1. The van der Waals surface area contributed by atoms with Crippen LogP contribution in [-0.4, -0.2) is 32.5 Å². The standard InChI is InChI=1S/C13H17BrO4/c1-16-10-5-4-9(12(17-2)11(10)14)13(15)6-3-7-18-8-13/h4-5,15H,3,6-8H2,1-2H3. The highest BCUT2D eigenvalue weighted by Crippen LogP contribution is 2.43. The fourth-order valence-corrected chi connectivity index (χ4v) is 2.92. The van der Waals surface area contributed by atoms with Crippen molar-refractivity contribution in [3.05, 3.63) is 22.2 Å². The van der Waals surface area contributed by atoms with Gasteiger partial charge in [-0.2, -0.15) is 0 Å². The van der Waals surface area contributed by atoms with Crippen molar-refractivity contribution < 1.29 is 19.3 Å². The number of methoxy groups -OCH3 is 2. The van der Waals surface area contributed by atoms with Gasteiger partial charge >= 0.3 is 0 Å². The van der Waals surface area contributed by atoms with Crippen molar-refractivity contribution in [2.45, 2.75) is 18.4 Å². The number of hydrogen-bond acceptors (Lipinski definition) is 4. The smallest absolute Gasteiger partial charge is 0.142 e. The molecule has 1 aliphatic rings. The summed E-state index contributed by atoms with van der Waals surface area (Å²) in [5.41, 5.74) is -0.254. The second-order valence-electron chi connectivity index (χ2n) is 4.35. The van der Waals surface area contributed by atoms with E-state index in [4.69, 9.17) is 14.2 Å². The normalized spacial score (nSPS) is 23.8. The second-order valence-corrected chi connectivity index (χ2v) is 5.14. The van der Waals surface area contributed by atoms with Crippen LogP contribution in [0, 0.1) is 0 Å². The summed E-state index contributed by atoms with van der Waals surface area (Å²) in [6.07, 6.45) is 1.51. The lowest BCUT2D eigenvalue weighted by Gasteiger charge is -2.33. The van der Waals surface area contributed by atoms with E-state index in [1.54, 1.807) is 14.2 Å². The van der Waals surface area contributed by atoms with Crippen molar-refractivity contribution in [3.63, 3.8) is 0 Å². The Morgan fingerprint density at radius 1 is 1.33 bits per heavy atom. The molecule has 0 saturated carbocycles. The van der Waals surface area contributed by atoms with E-state index < -0.39 is 5.60 Å². The maximum absolute atomic E-state index is 10.7. The first-order valence-electron chi connectivity index (χ1n) is 5.83. The van der Waals surface area contributed by atoms with Crippen molar-refractivity contribution in [1.82, 2.24) is 0 Å². The van der Waals surface area contributed by atoms with Crippen LogP contribution in [0.1, 0.15) is 18.4 Å². The van der Waals surface area contributed by atoms with Crippen molar-refractivity contribution >= 4 is 15.9 Å². The van der Waals surface area contributed by atoms with E-state index in [-0.39, 0.29) is 0 Å². The van der Waals surface area contributed by atoms with E-state index in [0.717, 1.165) is 12.0 Å². The topological polar surface area (TPSA) is 47.9 Å². The molecule has 1 heterocycles. The molecule has 0 aliphatic carbocycles. The first-order valence-corrected chi connectivity index (χ1v) is 6.63. The molecular formula is C13H17BrO4. The van der Waals surface area contributed by atoms with E-state index in [9.17, 15) is 5.11 Å². The van der Waals surface area contributed by atoms with Gasteiger partial charge in [0.2, 0.25) is 0 Å². The van der Waals surface area contributed by atoms with Crippen LogP contribution in [0.4, 0.5) is 0 Å². The zero-order valence-electron chi connectivity index (χ0n) is 10.5. The molecule has 1 N–H and O–H groups in total. The molecule has 18 heavy (non-hydrogen) atoms. The largest absolute Gasteiger partial charge is 0.495 e. The molecule has 1 aliphatic heterocycles. The molecule has 4 nitrogen and oxygen atoms in total. The molecule has 1 atom stereocenters. The first kappa shape index (κ1) is 13.6. The molecule has 0 radical (unpaired) electrons. The summed E-state index contributed by atoms with van der Waals surface area (Å²) in [6, 6.07) is 3.64. The molecule has 100 valence electrons. The van der Waals surface area contributed by atoms with E-state index in [2.05, 4.69) is 15.9 Å². The minimum Gasteiger partial charge on any atom is -0.495 e. The molecule has 2 rings (SSSR count). The van der Waals surface area contributed by atoms with Gasteiger partial charge in [0.05, 0.1) is 20.8 Å². The van der Waals surface area contributed by atoms with Gasteiger partial charge in [0.25, 0.3) is 0 Å². The maximum Gasteiger partial charge on any atom is 0.142 e. The highest BCUT2D eigenvalue weighted by Gasteiger charge is 2.36. The number of hydrogen-bond donors (Lipinski definition) is 1. The van der Waals surface area contributed by atoms with Gasteiger partial charge in [0.15, 0.2) is 0 Å². The lowest BCUT2D eigenvalue weighted by molar-refractivity contribution is -0.0913. The molecule has 1 aromatic rings. The summed E-state index contributed by atoms with van der Waals surface area (Å²) in [4.78, 5) is 0. The Morgan fingerprint density at radius 2 is 2.11 bits per heavy atom. The average Bonchev–Trinajstić information content (AvgIpc) is 2.39. The van der Waals surface area contributed by atoms with Gasteiger partial charge < -0.3 is 19.3 Å². The number of benzene rings is 1. The quantitative estimate of drug-likeness (QED) is 0.930. The highest BCUT2D eigenvalue weighted by molar-refractivity contribution is 9.10.